The highest BCUT2D eigenvalue weighted by Gasteiger charge is 2.36. The third-order valence-electron chi connectivity index (χ3n) is 4.12. The van der Waals surface area contributed by atoms with E-state index in [2.05, 4.69) is 10.2 Å². The number of hydrogen-bond acceptors (Lipinski definition) is 5. The van der Waals surface area contributed by atoms with Gasteiger partial charge in [-0.3, -0.25) is 9.59 Å². The van der Waals surface area contributed by atoms with Crippen molar-refractivity contribution in [3.63, 3.8) is 0 Å². The van der Waals surface area contributed by atoms with Crippen molar-refractivity contribution < 1.29 is 18.4 Å². The Morgan fingerprint density at radius 1 is 1.32 bits per heavy atom. The Bertz CT molecular complexity index is 792. The molecule has 8 heteroatoms. The molecular weight excluding hydrogens is 327 g/mol. The van der Waals surface area contributed by atoms with Crippen LogP contribution in [0.3, 0.4) is 0 Å². The van der Waals surface area contributed by atoms with Gasteiger partial charge in [0.25, 0.3) is 0 Å². The molecule has 132 valence electrons. The van der Waals surface area contributed by atoms with E-state index in [9.17, 15) is 14.0 Å². The largest absolute Gasteiger partial charge is 0.419 e. The van der Waals surface area contributed by atoms with Gasteiger partial charge in [0.2, 0.25) is 23.6 Å². The number of aromatic nitrogens is 2. The lowest BCUT2D eigenvalue weighted by Gasteiger charge is -2.37. The molecule has 1 aromatic heterocycles. The smallest absolute Gasteiger partial charge is 0.247 e. The zero-order valence-electron chi connectivity index (χ0n) is 14.1. The SMILES string of the molecule is CCCN1CC(=O)N(Cc2nnc(-c3cccc(F)c3)o2)[C@@H](C)C1=O. The number of halogens is 1. The van der Waals surface area contributed by atoms with Gasteiger partial charge in [0.15, 0.2) is 0 Å². The van der Waals surface area contributed by atoms with Crippen molar-refractivity contribution in [1.29, 1.82) is 0 Å². The van der Waals surface area contributed by atoms with Crippen LogP contribution in [0.2, 0.25) is 0 Å². The van der Waals surface area contributed by atoms with Crippen molar-refractivity contribution in [3.05, 3.63) is 36.0 Å². The summed E-state index contributed by atoms with van der Waals surface area (Å²) in [5.41, 5.74) is 0.460. The molecule has 3 rings (SSSR count). The number of carbonyl (C=O) groups is 2. The van der Waals surface area contributed by atoms with E-state index < -0.39 is 11.9 Å². The lowest BCUT2D eigenvalue weighted by Crippen LogP contribution is -2.58. The predicted octanol–water partition coefficient (Wildman–Crippen LogP) is 1.84. The predicted molar refractivity (Wildman–Crippen MR) is 86.6 cm³/mol. The van der Waals surface area contributed by atoms with Gasteiger partial charge in [-0.25, -0.2) is 4.39 Å². The van der Waals surface area contributed by atoms with Crippen LogP contribution in [-0.4, -0.2) is 50.9 Å². The molecule has 0 aliphatic carbocycles. The van der Waals surface area contributed by atoms with Gasteiger partial charge >= 0.3 is 0 Å². The monoisotopic (exact) mass is 346 g/mol. The topological polar surface area (TPSA) is 79.5 Å². The van der Waals surface area contributed by atoms with E-state index in [4.69, 9.17) is 4.42 Å². The average molecular weight is 346 g/mol. The fourth-order valence-corrected chi connectivity index (χ4v) is 2.83. The zero-order valence-corrected chi connectivity index (χ0v) is 14.1. The van der Waals surface area contributed by atoms with E-state index in [1.807, 2.05) is 6.92 Å². The number of nitrogens with zero attached hydrogens (tertiary/aromatic N) is 4. The molecule has 1 aliphatic heterocycles. The molecular formula is C17H19FN4O3. The Morgan fingerprint density at radius 2 is 2.12 bits per heavy atom. The summed E-state index contributed by atoms with van der Waals surface area (Å²) in [6, 6.07) is 5.23. The molecule has 0 unspecified atom stereocenters. The molecule has 25 heavy (non-hydrogen) atoms. The molecule has 0 saturated carbocycles. The number of piperazine rings is 1. The molecule has 2 aromatic rings. The van der Waals surface area contributed by atoms with Crippen LogP contribution in [-0.2, 0) is 16.1 Å². The van der Waals surface area contributed by atoms with Gasteiger partial charge in [-0.05, 0) is 31.5 Å². The summed E-state index contributed by atoms with van der Waals surface area (Å²) in [6.07, 6.45) is 0.798. The van der Waals surface area contributed by atoms with Crippen molar-refractivity contribution in [2.75, 3.05) is 13.1 Å². The highest BCUT2D eigenvalue weighted by Crippen LogP contribution is 2.21. The summed E-state index contributed by atoms with van der Waals surface area (Å²) in [6.45, 7) is 4.32. The summed E-state index contributed by atoms with van der Waals surface area (Å²) in [7, 11) is 0. The minimum Gasteiger partial charge on any atom is -0.419 e. The van der Waals surface area contributed by atoms with Crippen LogP contribution >= 0.6 is 0 Å². The molecule has 1 saturated heterocycles. The van der Waals surface area contributed by atoms with E-state index in [-0.39, 0.29) is 36.7 Å². The molecule has 0 bridgehead atoms. The quantitative estimate of drug-likeness (QED) is 0.825. The molecule has 1 aliphatic rings. The van der Waals surface area contributed by atoms with E-state index in [0.29, 0.717) is 12.1 Å². The summed E-state index contributed by atoms with van der Waals surface area (Å²) in [5, 5.41) is 7.80. The Hall–Kier alpha value is -2.77. The maximum atomic E-state index is 13.3. The van der Waals surface area contributed by atoms with Crippen LogP contribution in [0.5, 0.6) is 0 Å². The summed E-state index contributed by atoms with van der Waals surface area (Å²) in [5.74, 6) is -0.280. The van der Waals surface area contributed by atoms with Crippen molar-refractivity contribution >= 4 is 11.8 Å². The molecule has 7 nitrogen and oxygen atoms in total. The number of benzene rings is 1. The second-order valence-corrected chi connectivity index (χ2v) is 5.97. The van der Waals surface area contributed by atoms with Crippen molar-refractivity contribution in [2.45, 2.75) is 32.9 Å². The highest BCUT2D eigenvalue weighted by molar-refractivity contribution is 5.94. The third-order valence-corrected chi connectivity index (χ3v) is 4.12. The van der Waals surface area contributed by atoms with Gasteiger partial charge in [0, 0.05) is 12.1 Å². The van der Waals surface area contributed by atoms with Gasteiger partial charge < -0.3 is 14.2 Å². The van der Waals surface area contributed by atoms with E-state index in [1.165, 1.54) is 17.0 Å². The van der Waals surface area contributed by atoms with E-state index >= 15 is 0 Å². The van der Waals surface area contributed by atoms with Crippen LogP contribution in [0.15, 0.2) is 28.7 Å². The van der Waals surface area contributed by atoms with Crippen LogP contribution in [0.25, 0.3) is 11.5 Å². The van der Waals surface area contributed by atoms with Crippen LogP contribution < -0.4 is 0 Å². The Morgan fingerprint density at radius 3 is 2.84 bits per heavy atom. The average Bonchev–Trinajstić information content (AvgIpc) is 3.05. The number of carbonyl (C=O) groups excluding carboxylic acids is 2. The maximum absolute atomic E-state index is 13.3. The lowest BCUT2D eigenvalue weighted by molar-refractivity contribution is -0.156. The molecule has 1 aromatic carbocycles. The van der Waals surface area contributed by atoms with Gasteiger partial charge in [-0.1, -0.05) is 13.0 Å². The highest BCUT2D eigenvalue weighted by atomic mass is 19.1. The normalized spacial score (nSPS) is 18.1. The molecule has 2 heterocycles. The van der Waals surface area contributed by atoms with Gasteiger partial charge in [0.05, 0.1) is 13.1 Å². The minimum absolute atomic E-state index is 0.0496. The fraction of sp³-hybridized carbons (Fsp3) is 0.412. The first-order chi connectivity index (χ1) is 12.0. The maximum Gasteiger partial charge on any atom is 0.247 e. The van der Waals surface area contributed by atoms with Gasteiger partial charge in [0.1, 0.15) is 11.9 Å². The van der Waals surface area contributed by atoms with Crippen LogP contribution in [0.1, 0.15) is 26.2 Å². The molecule has 0 N–H and O–H groups in total. The first-order valence-corrected chi connectivity index (χ1v) is 8.16. The third kappa shape index (κ3) is 3.52. The Balaban J connectivity index is 1.74. The van der Waals surface area contributed by atoms with Gasteiger partial charge in [-0.15, -0.1) is 10.2 Å². The first kappa shape index (κ1) is 17.1. The summed E-state index contributed by atoms with van der Waals surface area (Å²) in [4.78, 5) is 27.7. The van der Waals surface area contributed by atoms with Crippen molar-refractivity contribution in [2.24, 2.45) is 0 Å². The summed E-state index contributed by atoms with van der Waals surface area (Å²) >= 11 is 0. The zero-order chi connectivity index (χ0) is 18.0. The molecule has 2 amide bonds. The standard InChI is InChI=1S/C17H19FN4O3/c1-3-7-21-10-15(23)22(11(2)17(21)24)9-14-19-20-16(25-14)12-5-4-6-13(18)8-12/h4-6,8,11H,3,7,9-10H2,1-2H3/t11-/m0/s1. The Kier molecular flexibility index (Phi) is 4.78. The second-order valence-electron chi connectivity index (χ2n) is 5.97. The van der Waals surface area contributed by atoms with Crippen molar-refractivity contribution in [1.82, 2.24) is 20.0 Å². The van der Waals surface area contributed by atoms with E-state index in [0.717, 1.165) is 6.42 Å². The number of amides is 2. The van der Waals surface area contributed by atoms with Gasteiger partial charge in [-0.2, -0.15) is 0 Å². The second kappa shape index (κ2) is 7.00. The van der Waals surface area contributed by atoms with E-state index in [1.54, 1.807) is 24.0 Å². The number of rotatable bonds is 5. The summed E-state index contributed by atoms with van der Waals surface area (Å²) < 4.78 is 18.8. The number of hydrogen-bond donors (Lipinski definition) is 0. The minimum atomic E-state index is -0.586. The van der Waals surface area contributed by atoms with Crippen LogP contribution in [0, 0.1) is 5.82 Å². The fourth-order valence-electron chi connectivity index (χ4n) is 2.83. The lowest BCUT2D eigenvalue weighted by atomic mass is 10.1. The van der Waals surface area contributed by atoms with Crippen LogP contribution in [0.4, 0.5) is 4.39 Å². The molecule has 0 spiro atoms. The molecule has 0 radical (unpaired) electrons. The Labute approximate surface area is 144 Å². The molecule has 1 atom stereocenters. The first-order valence-electron chi connectivity index (χ1n) is 8.16. The van der Waals surface area contributed by atoms with Crippen molar-refractivity contribution in [3.8, 4) is 11.5 Å². The molecule has 1 fully saturated rings.